The van der Waals surface area contributed by atoms with E-state index in [0.717, 1.165) is 6.42 Å². The molecular weight excluding hydrogens is 286 g/mol. The number of benzene rings is 1. The Morgan fingerprint density at radius 2 is 2.14 bits per heavy atom. The summed E-state index contributed by atoms with van der Waals surface area (Å²) in [6.45, 7) is 3.99. The summed E-state index contributed by atoms with van der Waals surface area (Å²) in [4.78, 5) is 28.5. The molecule has 0 radical (unpaired) electrons. The van der Waals surface area contributed by atoms with E-state index in [-0.39, 0.29) is 23.3 Å². The number of rotatable bonds is 5. The molecular formula is C15H19N3O2S. The van der Waals surface area contributed by atoms with Gasteiger partial charge in [-0.05, 0) is 25.5 Å². The second kappa shape index (κ2) is 6.76. The molecule has 1 amide bonds. The molecule has 112 valence electrons. The third kappa shape index (κ3) is 3.64. The first kappa shape index (κ1) is 15.6. The molecule has 0 aliphatic heterocycles. The van der Waals surface area contributed by atoms with Crippen molar-refractivity contribution in [1.82, 2.24) is 14.9 Å². The Hall–Kier alpha value is -1.82. The van der Waals surface area contributed by atoms with Gasteiger partial charge in [0.15, 0.2) is 5.16 Å². The van der Waals surface area contributed by atoms with Gasteiger partial charge in [0, 0.05) is 13.1 Å². The Balaban J connectivity index is 2.18. The minimum atomic E-state index is -0.0922. The number of hydrogen-bond donors (Lipinski definition) is 1. The molecule has 2 rings (SSSR count). The summed E-state index contributed by atoms with van der Waals surface area (Å²) in [6.07, 6.45) is 0.892. The first-order valence-corrected chi connectivity index (χ1v) is 7.89. The standard InChI is InChI=1S/C15H19N3O2S/c1-4-10(2)16-13(19)9-21-15-17-12-8-6-5-7-11(12)14(20)18(15)3/h5-8,10H,4,9H2,1-3H3,(H,16,19)/t10-/m0/s1. The summed E-state index contributed by atoms with van der Waals surface area (Å²) in [5.41, 5.74) is 0.566. The molecule has 0 aliphatic rings. The molecule has 0 aliphatic carbocycles. The number of hydrogen-bond acceptors (Lipinski definition) is 4. The number of fused-ring (bicyclic) bond motifs is 1. The van der Waals surface area contributed by atoms with Crippen LogP contribution >= 0.6 is 11.8 Å². The molecule has 1 atom stereocenters. The van der Waals surface area contributed by atoms with Crippen molar-refractivity contribution in [1.29, 1.82) is 0 Å². The van der Waals surface area contributed by atoms with Gasteiger partial charge in [0.05, 0.1) is 16.7 Å². The lowest BCUT2D eigenvalue weighted by Crippen LogP contribution is -2.33. The number of carbonyl (C=O) groups is 1. The van der Waals surface area contributed by atoms with E-state index >= 15 is 0 Å². The first-order valence-electron chi connectivity index (χ1n) is 6.90. The Morgan fingerprint density at radius 1 is 1.43 bits per heavy atom. The highest BCUT2D eigenvalue weighted by Crippen LogP contribution is 2.16. The average Bonchev–Trinajstić information content (AvgIpc) is 2.49. The van der Waals surface area contributed by atoms with Crippen molar-refractivity contribution in [2.24, 2.45) is 7.05 Å². The van der Waals surface area contributed by atoms with Crippen LogP contribution in [0.2, 0.25) is 0 Å². The molecule has 2 aromatic rings. The van der Waals surface area contributed by atoms with Crippen molar-refractivity contribution in [3.05, 3.63) is 34.6 Å². The summed E-state index contributed by atoms with van der Waals surface area (Å²) in [5, 5.41) is 4.04. The third-order valence-corrected chi connectivity index (χ3v) is 4.32. The van der Waals surface area contributed by atoms with Gasteiger partial charge in [-0.2, -0.15) is 0 Å². The number of amides is 1. The van der Waals surface area contributed by atoms with E-state index in [4.69, 9.17) is 0 Å². The second-order valence-corrected chi connectivity index (χ2v) is 5.88. The quantitative estimate of drug-likeness (QED) is 0.677. The fraction of sp³-hybridized carbons (Fsp3) is 0.400. The Morgan fingerprint density at radius 3 is 2.86 bits per heavy atom. The lowest BCUT2D eigenvalue weighted by molar-refractivity contribution is -0.119. The second-order valence-electron chi connectivity index (χ2n) is 4.94. The van der Waals surface area contributed by atoms with Gasteiger partial charge >= 0.3 is 0 Å². The molecule has 0 spiro atoms. The lowest BCUT2D eigenvalue weighted by atomic mass is 10.2. The number of carbonyl (C=O) groups excluding carboxylic acids is 1. The van der Waals surface area contributed by atoms with Gasteiger partial charge in [0.2, 0.25) is 5.91 Å². The van der Waals surface area contributed by atoms with Crippen LogP contribution in [0.5, 0.6) is 0 Å². The predicted octanol–water partition coefficient (Wildman–Crippen LogP) is 1.94. The Labute approximate surface area is 127 Å². The third-order valence-electron chi connectivity index (χ3n) is 3.29. The van der Waals surface area contributed by atoms with Crippen LogP contribution < -0.4 is 10.9 Å². The SMILES string of the molecule is CC[C@H](C)NC(=O)CSc1nc2ccccc2c(=O)n1C. The van der Waals surface area contributed by atoms with E-state index in [1.54, 1.807) is 19.2 Å². The highest BCUT2D eigenvalue weighted by Gasteiger charge is 2.11. The lowest BCUT2D eigenvalue weighted by Gasteiger charge is -2.12. The minimum absolute atomic E-state index is 0.0447. The van der Waals surface area contributed by atoms with Gasteiger partial charge in [-0.25, -0.2) is 4.98 Å². The largest absolute Gasteiger partial charge is 0.353 e. The molecule has 1 aromatic carbocycles. The average molecular weight is 305 g/mol. The summed E-state index contributed by atoms with van der Waals surface area (Å²) in [5.74, 6) is 0.208. The fourth-order valence-electron chi connectivity index (χ4n) is 1.88. The van der Waals surface area contributed by atoms with E-state index in [2.05, 4.69) is 10.3 Å². The highest BCUT2D eigenvalue weighted by atomic mass is 32.2. The minimum Gasteiger partial charge on any atom is -0.353 e. The van der Waals surface area contributed by atoms with Crippen molar-refractivity contribution in [2.45, 2.75) is 31.5 Å². The van der Waals surface area contributed by atoms with Crippen LogP contribution in [0.3, 0.4) is 0 Å². The van der Waals surface area contributed by atoms with Crippen LogP contribution in [0.4, 0.5) is 0 Å². The maximum absolute atomic E-state index is 12.2. The van der Waals surface area contributed by atoms with Gasteiger partial charge in [0.25, 0.3) is 5.56 Å². The fourth-order valence-corrected chi connectivity index (χ4v) is 2.66. The van der Waals surface area contributed by atoms with Crippen LogP contribution in [0, 0.1) is 0 Å². The molecule has 6 heteroatoms. The molecule has 5 nitrogen and oxygen atoms in total. The van der Waals surface area contributed by atoms with Gasteiger partial charge in [-0.15, -0.1) is 0 Å². The normalized spacial score (nSPS) is 12.3. The van der Waals surface area contributed by atoms with Crippen LogP contribution in [0.1, 0.15) is 20.3 Å². The van der Waals surface area contributed by atoms with E-state index in [1.807, 2.05) is 26.0 Å². The van der Waals surface area contributed by atoms with Crippen molar-refractivity contribution in [3.8, 4) is 0 Å². The smallest absolute Gasteiger partial charge is 0.261 e. The van der Waals surface area contributed by atoms with E-state index in [9.17, 15) is 9.59 Å². The zero-order chi connectivity index (χ0) is 15.4. The van der Waals surface area contributed by atoms with Crippen molar-refractivity contribution in [3.63, 3.8) is 0 Å². The first-order chi connectivity index (χ1) is 10.0. The summed E-state index contributed by atoms with van der Waals surface area (Å²) in [6, 6.07) is 7.39. The van der Waals surface area contributed by atoms with Crippen LogP contribution in [0.25, 0.3) is 10.9 Å². The predicted molar refractivity (Wildman–Crippen MR) is 85.6 cm³/mol. The number of nitrogens with zero attached hydrogens (tertiary/aromatic N) is 2. The van der Waals surface area contributed by atoms with Crippen molar-refractivity contribution >= 4 is 28.6 Å². The van der Waals surface area contributed by atoms with E-state index in [1.165, 1.54) is 16.3 Å². The molecule has 21 heavy (non-hydrogen) atoms. The molecule has 0 saturated carbocycles. The molecule has 1 heterocycles. The molecule has 0 unspecified atom stereocenters. The van der Waals surface area contributed by atoms with Gasteiger partial charge in [-0.1, -0.05) is 30.8 Å². The van der Waals surface area contributed by atoms with E-state index < -0.39 is 0 Å². The zero-order valence-electron chi connectivity index (χ0n) is 12.4. The summed E-state index contributed by atoms with van der Waals surface area (Å²) in [7, 11) is 1.68. The van der Waals surface area contributed by atoms with Gasteiger partial charge < -0.3 is 5.32 Å². The zero-order valence-corrected chi connectivity index (χ0v) is 13.2. The monoisotopic (exact) mass is 305 g/mol. The summed E-state index contributed by atoms with van der Waals surface area (Å²) >= 11 is 1.28. The number of para-hydroxylation sites is 1. The Bertz CT molecular complexity index is 712. The van der Waals surface area contributed by atoms with Crippen molar-refractivity contribution in [2.75, 3.05) is 5.75 Å². The number of thioether (sulfide) groups is 1. The van der Waals surface area contributed by atoms with Gasteiger partial charge in [-0.3, -0.25) is 14.2 Å². The van der Waals surface area contributed by atoms with Crippen LogP contribution in [0.15, 0.2) is 34.2 Å². The van der Waals surface area contributed by atoms with E-state index in [0.29, 0.717) is 16.1 Å². The van der Waals surface area contributed by atoms with Gasteiger partial charge in [0.1, 0.15) is 0 Å². The topological polar surface area (TPSA) is 64.0 Å². The Kier molecular flexibility index (Phi) is 5.01. The highest BCUT2D eigenvalue weighted by molar-refractivity contribution is 7.99. The molecule has 1 aromatic heterocycles. The molecule has 0 bridgehead atoms. The summed E-state index contributed by atoms with van der Waals surface area (Å²) < 4.78 is 1.49. The van der Waals surface area contributed by atoms with Crippen LogP contribution in [-0.2, 0) is 11.8 Å². The number of nitrogens with one attached hydrogen (secondary N) is 1. The molecule has 1 N–H and O–H groups in total. The maximum atomic E-state index is 12.2. The number of aromatic nitrogens is 2. The van der Waals surface area contributed by atoms with Crippen molar-refractivity contribution < 1.29 is 4.79 Å². The molecule has 0 fully saturated rings. The maximum Gasteiger partial charge on any atom is 0.261 e. The van der Waals surface area contributed by atoms with Crippen LogP contribution in [-0.4, -0.2) is 27.3 Å². The molecule has 0 saturated heterocycles.